The quantitative estimate of drug-likeness (QED) is 0.160. The Morgan fingerprint density at radius 2 is 0.406 bits per heavy atom. The molecule has 0 atom stereocenters. The van der Waals surface area contributed by atoms with Gasteiger partial charge in [-0.25, -0.2) is 0 Å². The van der Waals surface area contributed by atoms with Gasteiger partial charge in [-0.2, -0.15) is 0 Å². The first-order valence-corrected chi connectivity index (χ1v) is 32.8. The van der Waals surface area contributed by atoms with Crippen LogP contribution in [0.4, 0.5) is 0 Å². The molecule has 0 spiro atoms. The van der Waals surface area contributed by atoms with Crippen molar-refractivity contribution in [2.24, 2.45) is 0 Å². The molecule has 6 aromatic heterocycles. The van der Waals surface area contributed by atoms with Crippen LogP contribution in [0.3, 0.4) is 0 Å². The van der Waals surface area contributed by atoms with Gasteiger partial charge in [0.2, 0.25) is 0 Å². The summed E-state index contributed by atoms with van der Waals surface area (Å²) in [5, 5.41) is 14.5. The van der Waals surface area contributed by atoms with Gasteiger partial charge < -0.3 is 27.1 Å². The fraction of sp³-hybridized carbons (Fsp3) is 0. The van der Waals surface area contributed by atoms with Crippen LogP contribution in [0, 0.1) is 0 Å². The second-order valence-electron chi connectivity index (χ2n) is 25.1. The van der Waals surface area contributed by atoms with Gasteiger partial charge in [-0.05, 0) is 185 Å². The zero-order chi connectivity index (χ0) is 63.0. The largest absolute Gasteiger partial charge is 0.456 e. The molecular formula is C90H56N4O2. The number of para-hydroxylation sites is 7. The predicted molar refractivity (Wildman–Crippen MR) is 401 cm³/mol. The standard InChI is InChI=1S/C48H30N2O.C42H26N2O/c1-3-11-31(12-4-1)32-21-25-47-41(29-32)42-30-36(22-26-48(42)51-47)50-44-18-10-8-16-38(44)40-28-34(20-24-46(40)50)33-19-23-45-39(27-33)37-15-7-9-17-43(37)49(45)35-13-5-2-6-14-35;1-2-10-29(11-3-1)43-37-15-7-4-12-31(37)34-24-27(18-21-39(34)43)28-19-22-40-35(25-28)32-13-5-8-16-38(32)44(40)30-20-23-42-36(26-30)33-14-6-9-17-41(33)45-42/h1-30H;1-26H. The highest BCUT2D eigenvalue weighted by atomic mass is 16.3. The number of nitrogens with zero attached hydrogens (tertiary/aromatic N) is 4. The second-order valence-corrected chi connectivity index (χ2v) is 25.1. The molecule has 0 saturated carbocycles. The van der Waals surface area contributed by atoms with Gasteiger partial charge in [0.15, 0.2) is 0 Å². The van der Waals surface area contributed by atoms with Gasteiger partial charge in [0.25, 0.3) is 0 Å². The zero-order valence-electron chi connectivity index (χ0n) is 51.9. The molecule has 6 heteroatoms. The van der Waals surface area contributed by atoms with Gasteiger partial charge in [-0.3, -0.25) is 0 Å². The molecule has 21 aromatic rings. The highest BCUT2D eigenvalue weighted by Gasteiger charge is 2.21. The molecule has 0 aliphatic heterocycles. The number of benzene rings is 15. The SMILES string of the molecule is c1ccc(-c2ccc3oc4ccc(-n5c6ccccc6c6cc(-c7ccc8c(c7)c7ccccc7n8-c7ccccc7)ccc65)cc4c3c2)cc1.c1ccc(-n2c3ccccc3c3cc(-c4ccc5c(c4)c4ccccc4n5-c4ccc5oc6ccccc6c5c4)ccc32)cc1. The first-order valence-electron chi connectivity index (χ1n) is 32.8. The Kier molecular flexibility index (Phi) is 11.9. The number of hydrogen-bond donors (Lipinski definition) is 0. The average Bonchev–Trinajstić information content (AvgIpc) is 1.59. The van der Waals surface area contributed by atoms with Crippen LogP contribution in [0.1, 0.15) is 0 Å². The highest BCUT2D eigenvalue weighted by Crippen LogP contribution is 2.43. The van der Waals surface area contributed by atoms with E-state index >= 15 is 0 Å². The summed E-state index contributed by atoms with van der Waals surface area (Å²) in [6, 6.07) is 122. The molecular weight excluding hydrogens is 1170 g/mol. The summed E-state index contributed by atoms with van der Waals surface area (Å²) in [4.78, 5) is 0. The van der Waals surface area contributed by atoms with E-state index in [9.17, 15) is 0 Å². The molecule has 96 heavy (non-hydrogen) atoms. The maximum atomic E-state index is 6.33. The van der Waals surface area contributed by atoms with E-state index in [1.807, 2.05) is 12.1 Å². The molecule has 0 radical (unpaired) electrons. The monoisotopic (exact) mass is 1220 g/mol. The lowest BCUT2D eigenvalue weighted by molar-refractivity contribution is 0.668. The van der Waals surface area contributed by atoms with Crippen molar-refractivity contribution in [3.05, 3.63) is 340 Å². The smallest absolute Gasteiger partial charge is 0.135 e. The normalized spacial score (nSPS) is 12.0. The molecule has 448 valence electrons. The van der Waals surface area contributed by atoms with Crippen LogP contribution in [0.2, 0.25) is 0 Å². The Bertz CT molecular complexity index is 6700. The Balaban J connectivity index is 0.000000132. The van der Waals surface area contributed by atoms with Crippen molar-refractivity contribution in [3.63, 3.8) is 0 Å². The summed E-state index contributed by atoms with van der Waals surface area (Å²) in [6.45, 7) is 0. The van der Waals surface area contributed by atoms with Crippen molar-refractivity contribution in [2.75, 3.05) is 0 Å². The first kappa shape index (κ1) is 53.7. The van der Waals surface area contributed by atoms with Crippen molar-refractivity contribution in [3.8, 4) is 56.1 Å². The molecule has 0 aliphatic carbocycles. The maximum absolute atomic E-state index is 6.33. The predicted octanol–water partition coefficient (Wildman–Crippen LogP) is 24.6. The third-order valence-electron chi connectivity index (χ3n) is 19.8. The molecule has 15 aromatic carbocycles. The average molecular weight is 1230 g/mol. The Labute approximate surface area is 550 Å². The molecule has 0 aliphatic rings. The number of fused-ring (bicyclic) bond motifs is 18. The lowest BCUT2D eigenvalue weighted by Gasteiger charge is -2.09. The summed E-state index contributed by atoms with van der Waals surface area (Å²) in [7, 11) is 0. The summed E-state index contributed by atoms with van der Waals surface area (Å²) < 4.78 is 22.0. The highest BCUT2D eigenvalue weighted by molar-refractivity contribution is 6.16. The molecule has 0 fully saturated rings. The molecule has 6 heterocycles. The Morgan fingerprint density at radius 3 is 0.812 bits per heavy atom. The van der Waals surface area contributed by atoms with E-state index in [1.165, 1.54) is 132 Å². The molecule has 0 unspecified atom stereocenters. The molecule has 0 bridgehead atoms. The van der Waals surface area contributed by atoms with E-state index in [4.69, 9.17) is 8.83 Å². The summed E-state index contributed by atoms with van der Waals surface area (Å²) in [5.41, 5.74) is 25.0. The molecule has 0 N–H and O–H groups in total. The van der Waals surface area contributed by atoms with E-state index in [0.29, 0.717) is 0 Å². The second kappa shape index (κ2) is 21.3. The van der Waals surface area contributed by atoms with Gasteiger partial charge in [0.05, 0.1) is 44.1 Å². The number of hydrogen-bond acceptors (Lipinski definition) is 2. The van der Waals surface area contributed by atoms with Crippen molar-refractivity contribution in [1.29, 1.82) is 0 Å². The summed E-state index contributed by atoms with van der Waals surface area (Å²) >= 11 is 0. The van der Waals surface area contributed by atoms with Crippen LogP contribution in [0.5, 0.6) is 0 Å². The minimum atomic E-state index is 0.894. The minimum absolute atomic E-state index is 0.894. The third kappa shape index (κ3) is 8.39. The van der Waals surface area contributed by atoms with E-state index in [0.717, 1.165) is 55.3 Å². The van der Waals surface area contributed by atoms with Crippen LogP contribution in [-0.4, -0.2) is 18.3 Å². The molecule has 0 saturated heterocycles. The lowest BCUT2D eigenvalue weighted by atomic mass is 10.0. The van der Waals surface area contributed by atoms with Crippen LogP contribution in [-0.2, 0) is 0 Å². The summed E-state index contributed by atoms with van der Waals surface area (Å²) in [5.74, 6) is 0. The Morgan fingerprint density at radius 1 is 0.146 bits per heavy atom. The van der Waals surface area contributed by atoms with E-state index in [-0.39, 0.29) is 0 Å². The molecule has 0 amide bonds. The van der Waals surface area contributed by atoms with Gasteiger partial charge in [0.1, 0.15) is 22.3 Å². The first-order chi connectivity index (χ1) is 47.6. The van der Waals surface area contributed by atoms with Crippen molar-refractivity contribution >= 4 is 131 Å². The van der Waals surface area contributed by atoms with Crippen molar-refractivity contribution in [2.45, 2.75) is 0 Å². The minimum Gasteiger partial charge on any atom is -0.456 e. The van der Waals surface area contributed by atoms with Crippen LogP contribution in [0.15, 0.2) is 349 Å². The fourth-order valence-electron chi connectivity index (χ4n) is 15.4. The van der Waals surface area contributed by atoms with E-state index < -0.39 is 0 Å². The fourth-order valence-corrected chi connectivity index (χ4v) is 15.4. The number of rotatable bonds is 7. The molecule has 6 nitrogen and oxygen atoms in total. The van der Waals surface area contributed by atoms with Gasteiger partial charge in [-0.1, -0.05) is 188 Å². The van der Waals surface area contributed by atoms with E-state index in [2.05, 4.69) is 346 Å². The zero-order valence-corrected chi connectivity index (χ0v) is 51.9. The molecule has 21 rings (SSSR count). The van der Waals surface area contributed by atoms with Crippen molar-refractivity contribution < 1.29 is 8.83 Å². The van der Waals surface area contributed by atoms with Crippen molar-refractivity contribution in [1.82, 2.24) is 18.3 Å². The van der Waals surface area contributed by atoms with E-state index in [1.54, 1.807) is 0 Å². The van der Waals surface area contributed by atoms with Crippen LogP contribution in [0.25, 0.3) is 187 Å². The van der Waals surface area contributed by atoms with Gasteiger partial charge >= 0.3 is 0 Å². The maximum Gasteiger partial charge on any atom is 0.135 e. The lowest BCUT2D eigenvalue weighted by Crippen LogP contribution is -1.93. The van der Waals surface area contributed by atoms with Crippen LogP contribution >= 0.6 is 0 Å². The Hall–Kier alpha value is -12.9. The van der Waals surface area contributed by atoms with Gasteiger partial charge in [0, 0.05) is 87.4 Å². The summed E-state index contributed by atoms with van der Waals surface area (Å²) in [6.07, 6.45) is 0. The number of furan rings is 2. The third-order valence-corrected chi connectivity index (χ3v) is 19.8. The van der Waals surface area contributed by atoms with Gasteiger partial charge in [-0.15, -0.1) is 0 Å². The number of aromatic nitrogens is 4. The topological polar surface area (TPSA) is 46.0 Å². The van der Waals surface area contributed by atoms with Crippen LogP contribution < -0.4 is 0 Å².